The lowest BCUT2D eigenvalue weighted by atomic mass is 10.1. The van der Waals surface area contributed by atoms with Gasteiger partial charge >= 0.3 is 0 Å². The molecule has 0 radical (unpaired) electrons. The summed E-state index contributed by atoms with van der Waals surface area (Å²) in [5.41, 5.74) is 0. The molecule has 1 fully saturated rings. The summed E-state index contributed by atoms with van der Waals surface area (Å²) in [6.45, 7) is 5.91. The number of carbonyl (C=O) groups is 1. The Bertz CT molecular complexity index is 202. The van der Waals surface area contributed by atoms with Crippen molar-refractivity contribution in [3.05, 3.63) is 0 Å². The monoisotopic (exact) mass is 265 g/mol. The molecule has 0 aromatic carbocycles. The summed E-state index contributed by atoms with van der Waals surface area (Å²) in [5, 5.41) is 3.62. The van der Waals surface area contributed by atoms with Crippen LogP contribution in [0.1, 0.15) is 27.2 Å². The van der Waals surface area contributed by atoms with E-state index in [2.05, 4.69) is 28.2 Å². The molecule has 1 heterocycles. The van der Waals surface area contributed by atoms with Gasteiger partial charge in [-0.25, -0.2) is 0 Å². The van der Waals surface area contributed by atoms with Crippen molar-refractivity contribution in [2.45, 2.75) is 42.8 Å². The van der Waals surface area contributed by atoms with Crippen molar-refractivity contribution in [3.63, 3.8) is 0 Å². The van der Waals surface area contributed by atoms with Gasteiger partial charge < -0.3 is 5.32 Å². The lowest BCUT2D eigenvalue weighted by Crippen LogP contribution is -2.45. The fourth-order valence-electron chi connectivity index (χ4n) is 1.26. The molecule has 2 unspecified atom stereocenters. The van der Waals surface area contributed by atoms with Crippen LogP contribution in [-0.2, 0) is 4.79 Å². The first-order chi connectivity index (χ1) is 5.91. The van der Waals surface area contributed by atoms with Crippen molar-refractivity contribution in [1.82, 2.24) is 5.32 Å². The molecule has 1 amide bonds. The predicted molar refractivity (Wildman–Crippen MR) is 61.5 cm³/mol. The van der Waals surface area contributed by atoms with Crippen LogP contribution in [0.2, 0.25) is 0 Å². The number of nitrogens with one attached hydrogen (secondary N) is 1. The lowest BCUT2D eigenvalue weighted by Gasteiger charge is -2.22. The molecule has 1 aliphatic heterocycles. The second-order valence-corrected chi connectivity index (χ2v) is 7.38. The Hall–Kier alpha value is 0.300. The highest BCUT2D eigenvalue weighted by Crippen LogP contribution is 2.27. The Morgan fingerprint density at radius 2 is 2.23 bits per heavy atom. The summed E-state index contributed by atoms with van der Waals surface area (Å²) >= 11 is 5.28. The Kier molecular flexibility index (Phi) is 3.69. The van der Waals surface area contributed by atoms with Crippen molar-refractivity contribution in [2.24, 2.45) is 0 Å². The maximum atomic E-state index is 11.6. The van der Waals surface area contributed by atoms with Crippen LogP contribution < -0.4 is 5.32 Å². The van der Waals surface area contributed by atoms with E-state index in [0.717, 1.165) is 12.2 Å². The van der Waals surface area contributed by atoms with Gasteiger partial charge in [-0.15, -0.1) is 0 Å². The molecule has 76 valence electrons. The third-order valence-electron chi connectivity index (χ3n) is 2.23. The van der Waals surface area contributed by atoms with Gasteiger partial charge in [0.25, 0.3) is 0 Å². The molecule has 0 bridgehead atoms. The zero-order valence-corrected chi connectivity index (χ0v) is 10.7. The highest BCUT2D eigenvalue weighted by Gasteiger charge is 2.30. The van der Waals surface area contributed by atoms with Crippen LogP contribution >= 0.6 is 27.7 Å². The Morgan fingerprint density at radius 1 is 1.62 bits per heavy atom. The molecule has 0 aromatic rings. The third kappa shape index (κ3) is 3.17. The van der Waals surface area contributed by atoms with E-state index in [1.807, 2.05) is 25.6 Å². The standard InChI is InChI=1S/C9H16BrNOS/c1-6-7(4-5-13-6)11-8(12)9(2,3)10/h6-7H,4-5H2,1-3H3,(H,11,12). The van der Waals surface area contributed by atoms with E-state index in [-0.39, 0.29) is 5.91 Å². The van der Waals surface area contributed by atoms with Gasteiger partial charge in [0.1, 0.15) is 0 Å². The summed E-state index contributed by atoms with van der Waals surface area (Å²) in [7, 11) is 0. The quantitative estimate of drug-likeness (QED) is 0.776. The van der Waals surface area contributed by atoms with Crippen LogP contribution in [0.4, 0.5) is 0 Å². The number of hydrogen-bond acceptors (Lipinski definition) is 2. The van der Waals surface area contributed by atoms with Crippen molar-refractivity contribution in [2.75, 3.05) is 5.75 Å². The number of hydrogen-bond donors (Lipinski definition) is 1. The van der Waals surface area contributed by atoms with Crippen molar-refractivity contribution in [1.29, 1.82) is 0 Å². The molecule has 0 spiro atoms. The second kappa shape index (κ2) is 4.22. The number of halogens is 1. The molecule has 0 aliphatic carbocycles. The molecule has 13 heavy (non-hydrogen) atoms. The zero-order valence-electron chi connectivity index (χ0n) is 8.26. The zero-order chi connectivity index (χ0) is 10.1. The van der Waals surface area contributed by atoms with Crippen LogP contribution in [0.25, 0.3) is 0 Å². The number of thioether (sulfide) groups is 1. The molecule has 1 aliphatic rings. The molecular formula is C9H16BrNOS. The van der Waals surface area contributed by atoms with Gasteiger partial charge in [0, 0.05) is 11.3 Å². The third-order valence-corrected chi connectivity index (χ3v) is 3.92. The molecule has 1 N–H and O–H groups in total. The topological polar surface area (TPSA) is 29.1 Å². The molecule has 1 rings (SSSR count). The first kappa shape index (κ1) is 11.4. The number of amides is 1. The fourth-order valence-corrected chi connectivity index (χ4v) is 2.57. The highest BCUT2D eigenvalue weighted by molar-refractivity contribution is 9.10. The molecule has 4 heteroatoms. The Morgan fingerprint density at radius 3 is 2.62 bits per heavy atom. The van der Waals surface area contributed by atoms with E-state index in [9.17, 15) is 4.79 Å². The predicted octanol–water partition coefficient (Wildman–Crippen LogP) is 2.17. The molecular weight excluding hydrogens is 250 g/mol. The highest BCUT2D eigenvalue weighted by atomic mass is 79.9. The van der Waals surface area contributed by atoms with Gasteiger partial charge in [-0.3, -0.25) is 4.79 Å². The minimum atomic E-state index is -0.444. The normalized spacial score (nSPS) is 28.9. The van der Waals surface area contributed by atoms with E-state index in [0.29, 0.717) is 11.3 Å². The van der Waals surface area contributed by atoms with Crippen LogP contribution in [-0.4, -0.2) is 27.3 Å². The molecule has 0 saturated carbocycles. The maximum Gasteiger partial charge on any atom is 0.236 e. The molecule has 2 nitrogen and oxygen atoms in total. The van der Waals surface area contributed by atoms with Crippen LogP contribution in [0.15, 0.2) is 0 Å². The van der Waals surface area contributed by atoms with Crippen molar-refractivity contribution in [3.8, 4) is 0 Å². The first-order valence-electron chi connectivity index (χ1n) is 4.53. The summed E-state index contributed by atoms with van der Waals surface area (Å²) in [5.74, 6) is 1.25. The summed E-state index contributed by atoms with van der Waals surface area (Å²) in [6, 6.07) is 0.356. The maximum absolute atomic E-state index is 11.6. The average Bonchev–Trinajstić information content (AvgIpc) is 2.34. The van der Waals surface area contributed by atoms with E-state index in [1.54, 1.807) is 0 Å². The van der Waals surface area contributed by atoms with Crippen molar-refractivity contribution < 1.29 is 4.79 Å². The van der Waals surface area contributed by atoms with E-state index in [4.69, 9.17) is 0 Å². The minimum absolute atomic E-state index is 0.0897. The molecule has 2 atom stereocenters. The SMILES string of the molecule is CC1SCCC1NC(=O)C(C)(C)Br. The number of rotatable bonds is 2. The minimum Gasteiger partial charge on any atom is -0.351 e. The lowest BCUT2D eigenvalue weighted by molar-refractivity contribution is -0.123. The van der Waals surface area contributed by atoms with E-state index < -0.39 is 4.32 Å². The fraction of sp³-hybridized carbons (Fsp3) is 0.889. The summed E-state index contributed by atoms with van der Waals surface area (Å²) in [6.07, 6.45) is 1.10. The van der Waals surface area contributed by atoms with Gasteiger partial charge in [-0.05, 0) is 26.0 Å². The first-order valence-corrected chi connectivity index (χ1v) is 6.37. The van der Waals surface area contributed by atoms with Crippen LogP contribution in [0, 0.1) is 0 Å². The smallest absolute Gasteiger partial charge is 0.236 e. The van der Waals surface area contributed by atoms with Gasteiger partial charge in [0.15, 0.2) is 0 Å². The van der Waals surface area contributed by atoms with E-state index in [1.165, 1.54) is 0 Å². The van der Waals surface area contributed by atoms with Crippen LogP contribution in [0.3, 0.4) is 0 Å². The Labute approximate surface area is 92.4 Å². The molecule has 1 saturated heterocycles. The number of alkyl halides is 1. The van der Waals surface area contributed by atoms with Gasteiger partial charge in [-0.1, -0.05) is 22.9 Å². The van der Waals surface area contributed by atoms with Crippen LogP contribution in [0.5, 0.6) is 0 Å². The van der Waals surface area contributed by atoms with Gasteiger partial charge in [-0.2, -0.15) is 11.8 Å². The average molecular weight is 266 g/mol. The largest absolute Gasteiger partial charge is 0.351 e. The van der Waals surface area contributed by atoms with Gasteiger partial charge in [0.2, 0.25) is 5.91 Å². The van der Waals surface area contributed by atoms with Crippen molar-refractivity contribution >= 4 is 33.6 Å². The number of carbonyl (C=O) groups excluding carboxylic acids is 1. The van der Waals surface area contributed by atoms with Gasteiger partial charge in [0.05, 0.1) is 4.32 Å². The van der Waals surface area contributed by atoms with E-state index >= 15 is 0 Å². The Balaban J connectivity index is 2.45. The summed E-state index contributed by atoms with van der Waals surface area (Å²) in [4.78, 5) is 11.6. The summed E-state index contributed by atoms with van der Waals surface area (Å²) < 4.78 is -0.444. The second-order valence-electron chi connectivity index (χ2n) is 3.92. The molecule has 0 aromatic heterocycles.